The van der Waals surface area contributed by atoms with Gasteiger partial charge in [-0.2, -0.15) is 0 Å². The quantitative estimate of drug-likeness (QED) is 0.333. The average molecular weight is 390 g/mol. The summed E-state index contributed by atoms with van der Waals surface area (Å²) in [5.41, 5.74) is 5.74. The summed E-state index contributed by atoms with van der Waals surface area (Å²) in [5.74, 6) is -2.65. The zero-order valence-corrected chi connectivity index (χ0v) is 16.8. The van der Waals surface area contributed by atoms with Gasteiger partial charge in [-0.1, -0.05) is 20.8 Å². The first kappa shape index (κ1) is 25.3. The van der Waals surface area contributed by atoms with Crippen molar-refractivity contribution in [1.82, 2.24) is 5.32 Å². The van der Waals surface area contributed by atoms with Crippen LogP contribution in [-0.4, -0.2) is 65.6 Å². The van der Waals surface area contributed by atoms with Crippen LogP contribution < -0.4 is 11.1 Å². The van der Waals surface area contributed by atoms with Crippen molar-refractivity contribution in [3.63, 3.8) is 0 Å². The first-order valence-corrected chi connectivity index (χ1v) is 9.23. The summed E-state index contributed by atoms with van der Waals surface area (Å²) in [6, 6.07) is -1.77. The molecular formula is C18H34N2O7. The third-order valence-corrected chi connectivity index (χ3v) is 4.09. The van der Waals surface area contributed by atoms with Crippen LogP contribution in [0.3, 0.4) is 0 Å². The van der Waals surface area contributed by atoms with Crippen LogP contribution in [0.25, 0.3) is 0 Å². The number of aliphatic hydroxyl groups is 2. The summed E-state index contributed by atoms with van der Waals surface area (Å²) in [5, 5.41) is 20.8. The predicted molar refractivity (Wildman–Crippen MR) is 98.4 cm³/mol. The Hall–Kier alpha value is -1.71. The molecule has 1 unspecified atom stereocenters. The van der Waals surface area contributed by atoms with E-state index >= 15 is 0 Å². The molecule has 0 saturated heterocycles. The molecule has 0 rings (SSSR count). The molecule has 9 nitrogen and oxygen atoms in total. The number of nitrogens with one attached hydrogen (secondary N) is 1. The molecule has 0 fully saturated rings. The normalized spacial score (nSPS) is 16.8. The minimum absolute atomic E-state index is 0.0219. The molecule has 9 heteroatoms. The summed E-state index contributed by atoms with van der Waals surface area (Å²) in [6.07, 6.45) is -1.38. The van der Waals surface area contributed by atoms with E-state index in [-0.39, 0.29) is 32.0 Å². The molecule has 0 saturated carbocycles. The minimum atomic E-state index is -1.23. The Morgan fingerprint density at radius 1 is 1.04 bits per heavy atom. The van der Waals surface area contributed by atoms with E-state index in [1.54, 1.807) is 27.7 Å². The van der Waals surface area contributed by atoms with Gasteiger partial charge in [0.05, 0.1) is 18.8 Å². The summed E-state index contributed by atoms with van der Waals surface area (Å²) >= 11 is 0. The number of ether oxygens (including phenoxy) is 2. The molecule has 0 aliphatic heterocycles. The van der Waals surface area contributed by atoms with Crippen molar-refractivity contribution < 1.29 is 34.1 Å². The van der Waals surface area contributed by atoms with Gasteiger partial charge in [-0.25, -0.2) is 9.59 Å². The Kier molecular flexibility index (Phi) is 11.8. The van der Waals surface area contributed by atoms with E-state index in [2.05, 4.69) is 5.32 Å². The van der Waals surface area contributed by atoms with Crippen LogP contribution in [-0.2, 0) is 23.9 Å². The van der Waals surface area contributed by atoms with E-state index in [1.165, 1.54) is 6.92 Å². The van der Waals surface area contributed by atoms with E-state index < -0.39 is 48.1 Å². The topological polar surface area (TPSA) is 148 Å². The van der Waals surface area contributed by atoms with Gasteiger partial charge in [0.15, 0.2) is 0 Å². The van der Waals surface area contributed by atoms with Gasteiger partial charge < -0.3 is 30.7 Å². The molecule has 0 aliphatic rings. The Bertz CT molecular complexity index is 482. The number of nitrogens with two attached hydrogens (primary N) is 1. The monoisotopic (exact) mass is 390 g/mol. The second-order valence-electron chi connectivity index (χ2n) is 7.15. The third kappa shape index (κ3) is 9.69. The van der Waals surface area contributed by atoms with Gasteiger partial charge in [-0.15, -0.1) is 0 Å². The first-order chi connectivity index (χ1) is 12.5. The molecule has 5 atom stereocenters. The lowest BCUT2D eigenvalue weighted by Gasteiger charge is -2.25. The summed E-state index contributed by atoms with van der Waals surface area (Å²) in [7, 11) is 0. The Morgan fingerprint density at radius 3 is 2.11 bits per heavy atom. The number of amides is 1. The number of hydrogen-bond acceptors (Lipinski definition) is 8. The van der Waals surface area contributed by atoms with Crippen LogP contribution in [0.4, 0.5) is 0 Å². The molecule has 27 heavy (non-hydrogen) atoms. The molecular weight excluding hydrogens is 356 g/mol. The van der Waals surface area contributed by atoms with E-state index in [0.29, 0.717) is 0 Å². The van der Waals surface area contributed by atoms with E-state index in [1.807, 2.05) is 0 Å². The maximum atomic E-state index is 12.3. The number of carbonyl (C=O) groups excluding carboxylic acids is 3. The summed E-state index contributed by atoms with van der Waals surface area (Å²) in [6.45, 7) is 7.98. The molecule has 0 aromatic heterocycles. The van der Waals surface area contributed by atoms with Crippen LogP contribution in [0.15, 0.2) is 0 Å². The van der Waals surface area contributed by atoms with E-state index in [0.717, 1.165) is 0 Å². The molecule has 5 N–H and O–H groups in total. The average Bonchev–Trinajstić information content (AvgIpc) is 2.57. The SMILES string of the molecule is CC(O)CCOC(=O)[C@@H](OC(=O)[C@H](C)NC(=O)[C@@H](N)C(C)C)[C@H](C)CCO. The molecule has 0 radical (unpaired) electrons. The summed E-state index contributed by atoms with van der Waals surface area (Å²) in [4.78, 5) is 36.5. The Labute approximate surface area is 160 Å². The third-order valence-electron chi connectivity index (χ3n) is 4.09. The zero-order valence-electron chi connectivity index (χ0n) is 16.8. The van der Waals surface area contributed by atoms with Crippen LogP contribution in [0, 0.1) is 11.8 Å². The zero-order chi connectivity index (χ0) is 21.1. The fourth-order valence-electron chi connectivity index (χ4n) is 2.06. The largest absolute Gasteiger partial charge is 0.463 e. The molecule has 1 amide bonds. The van der Waals surface area contributed by atoms with Gasteiger partial charge in [0.2, 0.25) is 12.0 Å². The second kappa shape index (κ2) is 12.6. The fraction of sp³-hybridized carbons (Fsp3) is 0.833. The van der Waals surface area contributed by atoms with Crippen molar-refractivity contribution >= 4 is 17.8 Å². The number of rotatable bonds is 12. The van der Waals surface area contributed by atoms with Crippen LogP contribution >= 0.6 is 0 Å². The maximum Gasteiger partial charge on any atom is 0.347 e. The lowest BCUT2D eigenvalue weighted by Crippen LogP contribution is -2.50. The van der Waals surface area contributed by atoms with Gasteiger partial charge in [0.25, 0.3) is 0 Å². The van der Waals surface area contributed by atoms with Crippen LogP contribution in [0.2, 0.25) is 0 Å². The van der Waals surface area contributed by atoms with Crippen molar-refractivity contribution in [2.75, 3.05) is 13.2 Å². The molecule has 158 valence electrons. The predicted octanol–water partition coefficient (Wildman–Crippen LogP) is -0.281. The lowest BCUT2D eigenvalue weighted by atomic mass is 10.0. The maximum absolute atomic E-state index is 12.3. The lowest BCUT2D eigenvalue weighted by molar-refractivity contribution is -0.173. The van der Waals surface area contributed by atoms with Crippen LogP contribution in [0.5, 0.6) is 0 Å². The van der Waals surface area contributed by atoms with Gasteiger partial charge in [0, 0.05) is 18.9 Å². The van der Waals surface area contributed by atoms with Gasteiger partial charge in [-0.3, -0.25) is 4.79 Å². The standard InChI is InChI=1S/C18H34N2O7/c1-10(2)14(19)16(23)20-13(5)17(24)27-15(11(3)6-8-21)18(25)26-9-7-12(4)22/h10-15,21-22H,6-9,19H2,1-5H3,(H,20,23)/t11-,12?,13+,14+,15+/m1/s1. The highest BCUT2D eigenvalue weighted by Crippen LogP contribution is 2.15. The fourth-order valence-corrected chi connectivity index (χ4v) is 2.06. The van der Waals surface area contributed by atoms with Gasteiger partial charge >= 0.3 is 11.9 Å². The van der Waals surface area contributed by atoms with Gasteiger partial charge in [-0.05, 0) is 26.2 Å². The van der Waals surface area contributed by atoms with Crippen molar-refractivity contribution in [3.05, 3.63) is 0 Å². The Morgan fingerprint density at radius 2 is 1.63 bits per heavy atom. The highest BCUT2D eigenvalue weighted by atomic mass is 16.6. The smallest absolute Gasteiger partial charge is 0.347 e. The van der Waals surface area contributed by atoms with Gasteiger partial charge in [0.1, 0.15) is 6.04 Å². The molecule has 0 spiro atoms. The molecule has 0 aromatic carbocycles. The number of esters is 2. The second-order valence-corrected chi connectivity index (χ2v) is 7.15. The summed E-state index contributed by atoms with van der Waals surface area (Å²) < 4.78 is 10.3. The molecule has 0 heterocycles. The Balaban J connectivity index is 4.90. The van der Waals surface area contributed by atoms with Crippen molar-refractivity contribution in [2.45, 2.75) is 71.8 Å². The van der Waals surface area contributed by atoms with Crippen molar-refractivity contribution in [3.8, 4) is 0 Å². The molecule has 0 aromatic rings. The highest BCUT2D eigenvalue weighted by molar-refractivity contribution is 5.88. The number of hydrogen-bond donors (Lipinski definition) is 4. The molecule has 0 bridgehead atoms. The van der Waals surface area contributed by atoms with Crippen molar-refractivity contribution in [1.29, 1.82) is 0 Å². The van der Waals surface area contributed by atoms with E-state index in [4.69, 9.17) is 20.3 Å². The highest BCUT2D eigenvalue weighted by Gasteiger charge is 2.33. The van der Waals surface area contributed by atoms with Crippen LogP contribution in [0.1, 0.15) is 47.5 Å². The minimum Gasteiger partial charge on any atom is -0.463 e. The number of carbonyl (C=O) groups is 3. The first-order valence-electron chi connectivity index (χ1n) is 9.23. The van der Waals surface area contributed by atoms with E-state index in [9.17, 15) is 19.5 Å². The molecule has 0 aliphatic carbocycles. The number of aliphatic hydroxyl groups excluding tert-OH is 2. The van der Waals surface area contributed by atoms with Crippen molar-refractivity contribution in [2.24, 2.45) is 17.6 Å².